The number of benzene rings is 1. The van der Waals surface area contributed by atoms with Gasteiger partial charge in [-0.3, -0.25) is 0 Å². The third kappa shape index (κ3) is 1.33. The van der Waals surface area contributed by atoms with Crippen molar-refractivity contribution in [2.24, 2.45) is 0 Å². The Kier molecular flexibility index (Phi) is 2.07. The molecule has 0 fully saturated rings. The zero-order valence-electron chi connectivity index (χ0n) is 7.66. The van der Waals surface area contributed by atoms with Gasteiger partial charge in [-0.1, -0.05) is 37.3 Å². The second-order valence-electron chi connectivity index (χ2n) is 3.21. The Balaban J connectivity index is 2.37. The molecular formula is C11H13NO. The number of hydroxylamine groups is 1. The monoisotopic (exact) mass is 175 g/mol. The Morgan fingerprint density at radius 1 is 1.31 bits per heavy atom. The van der Waals surface area contributed by atoms with Gasteiger partial charge in [0.2, 0.25) is 0 Å². The van der Waals surface area contributed by atoms with Crippen LogP contribution in [0.4, 0.5) is 0 Å². The predicted molar refractivity (Wildman–Crippen MR) is 51.8 cm³/mol. The summed E-state index contributed by atoms with van der Waals surface area (Å²) in [5.41, 5.74) is 4.14. The van der Waals surface area contributed by atoms with E-state index in [1.165, 1.54) is 5.56 Å². The average Bonchev–Trinajstić information content (AvgIpc) is 2.69. The van der Waals surface area contributed by atoms with Crippen molar-refractivity contribution >= 4 is 0 Å². The van der Waals surface area contributed by atoms with E-state index >= 15 is 0 Å². The van der Waals surface area contributed by atoms with E-state index in [9.17, 15) is 0 Å². The molecule has 0 aliphatic carbocycles. The summed E-state index contributed by atoms with van der Waals surface area (Å²) in [4.78, 5) is 5.08. The Labute approximate surface area is 78.2 Å². The molecule has 1 aromatic rings. The van der Waals surface area contributed by atoms with E-state index in [1.54, 1.807) is 6.26 Å². The molecule has 1 heterocycles. The minimum absolute atomic E-state index is 0.124. The van der Waals surface area contributed by atoms with Crippen LogP contribution in [0.1, 0.15) is 18.9 Å². The van der Waals surface area contributed by atoms with Crippen molar-refractivity contribution in [3.63, 3.8) is 0 Å². The summed E-state index contributed by atoms with van der Waals surface area (Å²) in [6, 6.07) is 10.3. The molecule has 2 nitrogen and oxygen atoms in total. The largest absolute Gasteiger partial charge is 0.416 e. The van der Waals surface area contributed by atoms with Gasteiger partial charge in [-0.15, -0.1) is 5.48 Å². The Morgan fingerprint density at radius 2 is 2.08 bits per heavy atom. The van der Waals surface area contributed by atoms with Crippen molar-refractivity contribution in [3.8, 4) is 0 Å². The quantitative estimate of drug-likeness (QED) is 0.745. The molecule has 1 N–H and O–H groups in total. The molecule has 0 amide bonds. The van der Waals surface area contributed by atoms with Crippen molar-refractivity contribution in [3.05, 3.63) is 48.2 Å². The highest BCUT2D eigenvalue weighted by atomic mass is 16.6. The van der Waals surface area contributed by atoms with Gasteiger partial charge in [0.05, 0.1) is 5.54 Å². The van der Waals surface area contributed by atoms with Crippen LogP contribution < -0.4 is 5.48 Å². The van der Waals surface area contributed by atoms with Crippen LogP contribution in [0.25, 0.3) is 0 Å². The van der Waals surface area contributed by atoms with Gasteiger partial charge in [0.25, 0.3) is 0 Å². The second-order valence-corrected chi connectivity index (χ2v) is 3.21. The molecule has 0 saturated heterocycles. The molecule has 0 saturated carbocycles. The maximum Gasteiger partial charge on any atom is 0.109 e. The van der Waals surface area contributed by atoms with Crippen LogP contribution in [-0.4, -0.2) is 0 Å². The summed E-state index contributed by atoms with van der Waals surface area (Å²) >= 11 is 0. The van der Waals surface area contributed by atoms with Crippen LogP contribution in [0.15, 0.2) is 42.7 Å². The van der Waals surface area contributed by atoms with Gasteiger partial charge in [-0.25, -0.2) is 0 Å². The van der Waals surface area contributed by atoms with Crippen molar-refractivity contribution in [2.75, 3.05) is 0 Å². The molecule has 0 radical (unpaired) electrons. The molecule has 2 heteroatoms. The smallest absolute Gasteiger partial charge is 0.109 e. The minimum atomic E-state index is -0.124. The molecular weight excluding hydrogens is 162 g/mol. The van der Waals surface area contributed by atoms with Crippen LogP contribution in [0.2, 0.25) is 0 Å². The number of hydrogen-bond acceptors (Lipinski definition) is 2. The average molecular weight is 175 g/mol. The van der Waals surface area contributed by atoms with Crippen LogP contribution in [0.3, 0.4) is 0 Å². The molecule has 1 aliphatic rings. The summed E-state index contributed by atoms with van der Waals surface area (Å²) in [7, 11) is 0. The van der Waals surface area contributed by atoms with Gasteiger partial charge in [0.1, 0.15) is 6.26 Å². The number of rotatable bonds is 2. The van der Waals surface area contributed by atoms with E-state index in [0.717, 1.165) is 6.42 Å². The van der Waals surface area contributed by atoms with Gasteiger partial charge in [0, 0.05) is 0 Å². The summed E-state index contributed by atoms with van der Waals surface area (Å²) in [5.74, 6) is 0. The van der Waals surface area contributed by atoms with Crippen LogP contribution in [0, 0.1) is 0 Å². The van der Waals surface area contributed by atoms with Gasteiger partial charge in [-0.05, 0) is 18.1 Å². The molecule has 0 spiro atoms. The van der Waals surface area contributed by atoms with E-state index in [0.29, 0.717) is 0 Å². The van der Waals surface area contributed by atoms with Gasteiger partial charge >= 0.3 is 0 Å². The van der Waals surface area contributed by atoms with Crippen molar-refractivity contribution in [1.82, 2.24) is 5.48 Å². The Morgan fingerprint density at radius 3 is 2.62 bits per heavy atom. The van der Waals surface area contributed by atoms with E-state index in [-0.39, 0.29) is 5.54 Å². The highest BCUT2D eigenvalue weighted by Crippen LogP contribution is 2.29. The van der Waals surface area contributed by atoms with E-state index < -0.39 is 0 Å². The Hall–Kier alpha value is -1.28. The fourth-order valence-electron chi connectivity index (χ4n) is 1.61. The van der Waals surface area contributed by atoms with E-state index in [4.69, 9.17) is 4.84 Å². The third-order valence-electron chi connectivity index (χ3n) is 2.51. The van der Waals surface area contributed by atoms with Crippen LogP contribution in [-0.2, 0) is 10.4 Å². The summed E-state index contributed by atoms with van der Waals surface area (Å²) < 4.78 is 0. The lowest BCUT2D eigenvalue weighted by Crippen LogP contribution is -2.35. The zero-order chi connectivity index (χ0) is 9.15. The zero-order valence-corrected chi connectivity index (χ0v) is 7.66. The normalized spacial score (nSPS) is 25.9. The summed E-state index contributed by atoms with van der Waals surface area (Å²) in [6.45, 7) is 2.14. The molecule has 68 valence electrons. The molecule has 0 aromatic heterocycles. The van der Waals surface area contributed by atoms with Gasteiger partial charge < -0.3 is 4.84 Å². The molecule has 1 aliphatic heterocycles. The van der Waals surface area contributed by atoms with Crippen molar-refractivity contribution in [2.45, 2.75) is 18.9 Å². The predicted octanol–water partition coefficient (Wildman–Crippen LogP) is 2.34. The van der Waals surface area contributed by atoms with Crippen LogP contribution in [0.5, 0.6) is 0 Å². The van der Waals surface area contributed by atoms with Crippen LogP contribution >= 0.6 is 0 Å². The molecule has 0 bridgehead atoms. The first-order chi connectivity index (χ1) is 6.37. The second kappa shape index (κ2) is 3.23. The third-order valence-corrected chi connectivity index (χ3v) is 2.51. The van der Waals surface area contributed by atoms with Crippen molar-refractivity contribution < 1.29 is 4.84 Å². The molecule has 1 unspecified atom stereocenters. The topological polar surface area (TPSA) is 21.3 Å². The number of hydrogen-bond donors (Lipinski definition) is 1. The van der Waals surface area contributed by atoms with Crippen molar-refractivity contribution in [1.29, 1.82) is 0 Å². The summed E-state index contributed by atoms with van der Waals surface area (Å²) in [5, 5.41) is 0. The minimum Gasteiger partial charge on any atom is -0.416 e. The maximum absolute atomic E-state index is 5.08. The molecule has 13 heavy (non-hydrogen) atoms. The van der Waals surface area contributed by atoms with Gasteiger partial charge in [-0.2, -0.15) is 0 Å². The fraction of sp³-hybridized carbons (Fsp3) is 0.273. The lowest BCUT2D eigenvalue weighted by atomic mass is 9.89. The molecule has 1 atom stereocenters. The summed E-state index contributed by atoms with van der Waals surface area (Å²) in [6.07, 6.45) is 4.74. The number of nitrogens with one attached hydrogen (secondary N) is 1. The highest BCUT2D eigenvalue weighted by molar-refractivity contribution is 5.30. The lowest BCUT2D eigenvalue weighted by Gasteiger charge is -2.24. The van der Waals surface area contributed by atoms with E-state index in [2.05, 4.69) is 30.6 Å². The molecule has 1 aromatic carbocycles. The standard InChI is InChI=1S/C11H13NO/c1-2-11(8-9-13-12-11)10-6-4-3-5-7-10/h3-9,12H,2H2,1H3. The first-order valence-electron chi connectivity index (χ1n) is 4.53. The first-order valence-corrected chi connectivity index (χ1v) is 4.53. The van der Waals surface area contributed by atoms with Gasteiger partial charge in [0.15, 0.2) is 0 Å². The lowest BCUT2D eigenvalue weighted by molar-refractivity contribution is 0.0951. The van der Waals surface area contributed by atoms with E-state index in [1.807, 2.05) is 18.2 Å². The fourth-order valence-corrected chi connectivity index (χ4v) is 1.61. The maximum atomic E-state index is 5.08. The highest BCUT2D eigenvalue weighted by Gasteiger charge is 2.30. The Bertz CT molecular complexity index is 307. The SMILES string of the molecule is CCC1(c2ccccc2)C=CON1. The first kappa shape index (κ1) is 8.32. The molecule has 2 rings (SSSR count).